The summed E-state index contributed by atoms with van der Waals surface area (Å²) in [5.41, 5.74) is 2.39. The molecule has 5 rings (SSSR count). The van der Waals surface area contributed by atoms with E-state index in [1.165, 1.54) is 18.6 Å². The number of aromatic nitrogens is 1. The molecule has 1 aliphatic carbocycles. The van der Waals surface area contributed by atoms with Crippen LogP contribution < -0.4 is 15.5 Å². The van der Waals surface area contributed by atoms with Gasteiger partial charge in [-0.25, -0.2) is 4.98 Å². The minimum Gasteiger partial charge on any atom is -0.370 e. The van der Waals surface area contributed by atoms with Crippen molar-refractivity contribution in [3.05, 3.63) is 78.0 Å². The molecule has 1 saturated heterocycles. The molecule has 2 heterocycles. The first-order chi connectivity index (χ1) is 18.4. The number of hydrogen-bond acceptors (Lipinski definition) is 5. The topological polar surface area (TPSA) is 64.0 Å². The van der Waals surface area contributed by atoms with Crippen molar-refractivity contribution >= 4 is 11.5 Å². The van der Waals surface area contributed by atoms with Crippen molar-refractivity contribution in [1.29, 1.82) is 5.26 Å². The minimum absolute atomic E-state index is 0.193. The Morgan fingerprint density at radius 3 is 2.42 bits per heavy atom. The van der Waals surface area contributed by atoms with Crippen LogP contribution in [0.2, 0.25) is 0 Å². The van der Waals surface area contributed by atoms with Crippen LogP contribution >= 0.6 is 0 Å². The Hall–Kier alpha value is -3.57. The number of anilines is 2. The van der Waals surface area contributed by atoms with Crippen molar-refractivity contribution in [3.63, 3.8) is 0 Å². The zero-order chi connectivity index (χ0) is 26.5. The third-order valence-electron chi connectivity index (χ3n) is 7.62. The molecule has 38 heavy (non-hydrogen) atoms. The van der Waals surface area contributed by atoms with E-state index in [1.54, 1.807) is 18.3 Å². The van der Waals surface area contributed by atoms with Crippen molar-refractivity contribution in [1.82, 2.24) is 10.3 Å². The number of nitriles is 1. The van der Waals surface area contributed by atoms with Gasteiger partial charge in [-0.15, -0.1) is 0 Å². The first-order valence-electron chi connectivity index (χ1n) is 13.3. The summed E-state index contributed by atoms with van der Waals surface area (Å²) in [5, 5.41) is 16.6. The molecule has 0 unspecified atom stereocenters. The summed E-state index contributed by atoms with van der Waals surface area (Å²) in [6.45, 7) is 1.92. The van der Waals surface area contributed by atoms with Crippen LogP contribution in [0.1, 0.15) is 49.7 Å². The van der Waals surface area contributed by atoms with Gasteiger partial charge in [-0.2, -0.15) is 18.4 Å². The molecule has 3 aromatic rings. The van der Waals surface area contributed by atoms with Crippen LogP contribution in [0, 0.1) is 11.3 Å². The van der Waals surface area contributed by atoms with Crippen molar-refractivity contribution < 1.29 is 13.2 Å². The quantitative estimate of drug-likeness (QED) is 0.383. The van der Waals surface area contributed by atoms with Crippen LogP contribution in [-0.4, -0.2) is 36.2 Å². The summed E-state index contributed by atoms with van der Waals surface area (Å²) in [6.07, 6.45) is 3.87. The van der Waals surface area contributed by atoms with Gasteiger partial charge in [0, 0.05) is 43.1 Å². The summed E-state index contributed by atoms with van der Waals surface area (Å²) in [4.78, 5) is 6.87. The molecule has 1 aliphatic heterocycles. The van der Waals surface area contributed by atoms with Crippen molar-refractivity contribution in [2.24, 2.45) is 0 Å². The molecular weight excluding hydrogens is 487 g/mol. The predicted octanol–water partition coefficient (Wildman–Crippen LogP) is 6.62. The van der Waals surface area contributed by atoms with E-state index in [9.17, 15) is 13.2 Å². The van der Waals surface area contributed by atoms with Crippen molar-refractivity contribution in [2.75, 3.05) is 23.3 Å². The number of halogens is 3. The molecule has 2 fully saturated rings. The second-order valence-corrected chi connectivity index (χ2v) is 10.3. The molecule has 0 radical (unpaired) electrons. The molecule has 8 heteroatoms. The van der Waals surface area contributed by atoms with Crippen LogP contribution in [0.3, 0.4) is 0 Å². The van der Waals surface area contributed by atoms with E-state index in [4.69, 9.17) is 5.26 Å². The van der Waals surface area contributed by atoms with E-state index in [0.717, 1.165) is 56.9 Å². The van der Waals surface area contributed by atoms with Crippen LogP contribution in [0.15, 0.2) is 66.9 Å². The normalized spacial score (nSPS) is 22.1. The SMILES string of the molecule is N#Cc1ccc(N2CCC[C@H](N[C@@H]3CCCC[C@H]3Nc3cc(-c4cccc(C(F)(F)F)c4)ccn3)C2)cc1. The zero-order valence-electron chi connectivity index (χ0n) is 21.2. The summed E-state index contributed by atoms with van der Waals surface area (Å²) < 4.78 is 39.6. The van der Waals surface area contributed by atoms with Gasteiger partial charge in [-0.1, -0.05) is 25.0 Å². The fourth-order valence-corrected chi connectivity index (χ4v) is 5.65. The van der Waals surface area contributed by atoms with Gasteiger partial charge in [0.05, 0.1) is 17.2 Å². The average Bonchev–Trinajstić information content (AvgIpc) is 2.94. The van der Waals surface area contributed by atoms with Gasteiger partial charge in [0.25, 0.3) is 0 Å². The zero-order valence-corrected chi connectivity index (χ0v) is 21.2. The number of nitrogens with one attached hydrogen (secondary N) is 2. The van der Waals surface area contributed by atoms with E-state index >= 15 is 0 Å². The molecule has 2 aromatic carbocycles. The Morgan fingerprint density at radius 1 is 0.895 bits per heavy atom. The predicted molar refractivity (Wildman–Crippen MR) is 144 cm³/mol. The molecule has 0 bridgehead atoms. The maximum Gasteiger partial charge on any atom is 0.416 e. The van der Waals surface area contributed by atoms with Gasteiger partial charge in [0.1, 0.15) is 5.82 Å². The summed E-state index contributed by atoms with van der Waals surface area (Å²) >= 11 is 0. The highest BCUT2D eigenvalue weighted by Gasteiger charge is 2.31. The Balaban J connectivity index is 1.25. The third kappa shape index (κ3) is 6.28. The largest absolute Gasteiger partial charge is 0.416 e. The molecule has 2 aliphatic rings. The van der Waals surface area contributed by atoms with Gasteiger partial charge in [0.2, 0.25) is 0 Å². The van der Waals surface area contributed by atoms with Crippen molar-refractivity contribution in [2.45, 2.75) is 62.8 Å². The summed E-state index contributed by atoms with van der Waals surface area (Å²) in [5.74, 6) is 0.682. The first-order valence-corrected chi connectivity index (χ1v) is 13.3. The Labute approximate surface area is 221 Å². The van der Waals surface area contributed by atoms with Gasteiger partial charge in [-0.3, -0.25) is 0 Å². The monoisotopic (exact) mass is 519 g/mol. The lowest BCUT2D eigenvalue weighted by atomic mass is 9.89. The second kappa shape index (κ2) is 11.4. The highest BCUT2D eigenvalue weighted by atomic mass is 19.4. The third-order valence-corrected chi connectivity index (χ3v) is 7.62. The number of nitrogens with zero attached hydrogens (tertiary/aromatic N) is 3. The molecule has 2 N–H and O–H groups in total. The molecule has 0 amide bonds. The first kappa shape index (κ1) is 26.1. The maximum absolute atomic E-state index is 13.2. The van der Waals surface area contributed by atoms with E-state index in [2.05, 4.69) is 26.6 Å². The lowest BCUT2D eigenvalue weighted by Gasteiger charge is -2.40. The summed E-state index contributed by atoms with van der Waals surface area (Å²) in [7, 11) is 0. The lowest BCUT2D eigenvalue weighted by molar-refractivity contribution is -0.137. The highest BCUT2D eigenvalue weighted by molar-refractivity contribution is 5.67. The van der Waals surface area contributed by atoms with Gasteiger partial charge in [-0.05, 0) is 85.3 Å². The van der Waals surface area contributed by atoms with E-state index < -0.39 is 11.7 Å². The van der Waals surface area contributed by atoms with E-state index in [1.807, 2.05) is 30.3 Å². The Kier molecular flexibility index (Phi) is 7.85. The van der Waals surface area contributed by atoms with Gasteiger partial charge < -0.3 is 15.5 Å². The van der Waals surface area contributed by atoms with Gasteiger partial charge >= 0.3 is 6.18 Å². The van der Waals surface area contributed by atoms with Crippen LogP contribution in [0.5, 0.6) is 0 Å². The molecular formula is C30H32F3N5. The van der Waals surface area contributed by atoms with Crippen molar-refractivity contribution in [3.8, 4) is 17.2 Å². The molecule has 0 spiro atoms. The smallest absolute Gasteiger partial charge is 0.370 e. The van der Waals surface area contributed by atoms with Crippen LogP contribution in [-0.2, 0) is 6.18 Å². The number of pyridine rings is 1. The maximum atomic E-state index is 13.2. The number of hydrogen-bond donors (Lipinski definition) is 2. The fraction of sp³-hybridized carbons (Fsp3) is 0.400. The number of alkyl halides is 3. The lowest BCUT2D eigenvalue weighted by Crippen LogP contribution is -2.54. The number of piperidine rings is 1. The standard InChI is InChI=1S/C30H32F3N5/c31-30(32,33)24-6-3-5-22(17-24)23-14-15-35-29(18-23)37-28-9-2-1-8-27(28)36-25-7-4-16-38(20-25)26-12-10-21(19-34)11-13-26/h3,5-6,10-15,17-18,25,27-28,36H,1-2,4,7-9,16,20H2,(H,35,37)/t25-,27+,28+/m0/s1. The molecule has 5 nitrogen and oxygen atoms in total. The Bertz CT molecular complexity index is 1270. The number of benzene rings is 2. The fourth-order valence-electron chi connectivity index (χ4n) is 5.65. The minimum atomic E-state index is -4.38. The van der Waals surface area contributed by atoms with Gasteiger partial charge in [0.15, 0.2) is 0 Å². The average molecular weight is 520 g/mol. The van der Waals surface area contributed by atoms with Crippen LogP contribution in [0.25, 0.3) is 11.1 Å². The highest BCUT2D eigenvalue weighted by Crippen LogP contribution is 2.33. The number of rotatable bonds is 6. The molecule has 1 saturated carbocycles. The van der Waals surface area contributed by atoms with E-state index in [0.29, 0.717) is 28.6 Å². The molecule has 1 aromatic heterocycles. The van der Waals surface area contributed by atoms with E-state index in [-0.39, 0.29) is 12.1 Å². The van der Waals surface area contributed by atoms with Crippen LogP contribution in [0.4, 0.5) is 24.7 Å². The summed E-state index contributed by atoms with van der Waals surface area (Å²) in [6, 6.07) is 19.8. The Morgan fingerprint density at radius 2 is 1.66 bits per heavy atom. The molecule has 198 valence electrons. The molecule has 3 atom stereocenters. The second-order valence-electron chi connectivity index (χ2n) is 10.3.